The molecule has 0 heterocycles. The topological polar surface area (TPSA) is 46.5 Å². The van der Waals surface area contributed by atoms with Crippen molar-refractivity contribution in [2.45, 2.75) is 65.4 Å². The van der Waals surface area contributed by atoms with Gasteiger partial charge in [-0.3, -0.25) is 4.79 Å². The highest BCUT2D eigenvalue weighted by molar-refractivity contribution is 5.69. The van der Waals surface area contributed by atoms with Gasteiger partial charge in [-0.25, -0.2) is 0 Å². The van der Waals surface area contributed by atoms with Crippen molar-refractivity contribution in [2.75, 3.05) is 0 Å². The molecule has 3 heteroatoms. The molecule has 0 bridgehead atoms. The lowest BCUT2D eigenvalue weighted by atomic mass is 10.0. The fourth-order valence-corrected chi connectivity index (χ4v) is 2.18. The quantitative estimate of drug-likeness (QED) is 0.496. The van der Waals surface area contributed by atoms with E-state index in [9.17, 15) is 4.79 Å². The molecule has 0 unspecified atom stereocenters. The number of benzene rings is 1. The lowest BCUT2D eigenvalue weighted by Gasteiger charge is -2.06. The number of aromatic hydroxyl groups is 1. The number of phenols is 1. The summed E-state index contributed by atoms with van der Waals surface area (Å²) in [5.41, 5.74) is 0.898. The Morgan fingerprint density at radius 1 is 1.05 bits per heavy atom. The van der Waals surface area contributed by atoms with Crippen molar-refractivity contribution in [1.82, 2.24) is 0 Å². The summed E-state index contributed by atoms with van der Waals surface area (Å²) < 4.78 is 5.21. The second kappa shape index (κ2) is 10.3. The summed E-state index contributed by atoms with van der Waals surface area (Å²) in [6.07, 6.45) is 7.58. The third kappa shape index (κ3) is 9.11. The van der Waals surface area contributed by atoms with Crippen LogP contribution in [0.1, 0.15) is 64.4 Å². The fourth-order valence-electron chi connectivity index (χ4n) is 2.18. The van der Waals surface area contributed by atoms with E-state index in [0.717, 1.165) is 24.3 Å². The highest BCUT2D eigenvalue weighted by Gasteiger charge is 2.03. The number of rotatable bonds is 10. The molecule has 1 aromatic carbocycles. The second-order valence-corrected chi connectivity index (χ2v) is 6.03. The van der Waals surface area contributed by atoms with Crippen LogP contribution in [0.5, 0.6) is 5.75 Å². The van der Waals surface area contributed by atoms with Crippen LogP contribution in [0.25, 0.3) is 0 Å². The van der Waals surface area contributed by atoms with Crippen LogP contribution in [0.4, 0.5) is 0 Å². The smallest absolute Gasteiger partial charge is 0.306 e. The number of esters is 1. The normalized spacial score (nSPS) is 10.8. The van der Waals surface area contributed by atoms with Gasteiger partial charge in [0, 0.05) is 6.42 Å². The molecule has 0 spiro atoms. The minimum Gasteiger partial charge on any atom is -0.508 e. The SMILES string of the molecule is CC(C)CCCCCCCC(=O)OCc1ccc(O)cc1. The molecule has 0 aliphatic heterocycles. The molecule has 0 aromatic heterocycles. The minimum atomic E-state index is -0.134. The maximum Gasteiger partial charge on any atom is 0.306 e. The van der Waals surface area contributed by atoms with Crippen LogP contribution in [-0.2, 0) is 16.1 Å². The van der Waals surface area contributed by atoms with Gasteiger partial charge in [-0.2, -0.15) is 0 Å². The molecular formula is C18H28O3. The summed E-state index contributed by atoms with van der Waals surface area (Å²) in [5.74, 6) is 0.882. The van der Waals surface area contributed by atoms with Crippen LogP contribution < -0.4 is 0 Å². The summed E-state index contributed by atoms with van der Waals surface area (Å²) in [6.45, 7) is 4.79. The van der Waals surface area contributed by atoms with Crippen molar-refractivity contribution in [3.05, 3.63) is 29.8 Å². The Morgan fingerprint density at radius 2 is 1.67 bits per heavy atom. The standard InChI is InChI=1S/C18H28O3/c1-15(2)8-6-4-3-5-7-9-18(20)21-14-16-10-12-17(19)13-11-16/h10-13,15,19H,3-9,14H2,1-2H3. The van der Waals surface area contributed by atoms with Crippen molar-refractivity contribution >= 4 is 5.97 Å². The summed E-state index contributed by atoms with van der Waals surface area (Å²) in [5, 5.41) is 9.16. The Labute approximate surface area is 128 Å². The van der Waals surface area contributed by atoms with Gasteiger partial charge >= 0.3 is 5.97 Å². The predicted octanol–water partition coefficient (Wildman–Crippen LogP) is 4.82. The van der Waals surface area contributed by atoms with E-state index >= 15 is 0 Å². The largest absolute Gasteiger partial charge is 0.508 e. The van der Waals surface area contributed by atoms with E-state index in [-0.39, 0.29) is 18.3 Å². The van der Waals surface area contributed by atoms with Crippen LogP contribution in [0.15, 0.2) is 24.3 Å². The summed E-state index contributed by atoms with van der Waals surface area (Å²) in [7, 11) is 0. The van der Waals surface area contributed by atoms with Gasteiger partial charge in [0.15, 0.2) is 0 Å². The molecule has 0 saturated carbocycles. The lowest BCUT2D eigenvalue weighted by Crippen LogP contribution is -2.04. The monoisotopic (exact) mass is 292 g/mol. The minimum absolute atomic E-state index is 0.134. The summed E-state index contributed by atoms with van der Waals surface area (Å²) >= 11 is 0. The summed E-state index contributed by atoms with van der Waals surface area (Å²) in [6, 6.07) is 6.72. The number of phenolic OH excluding ortho intramolecular Hbond substituents is 1. The van der Waals surface area contributed by atoms with Gasteiger partial charge < -0.3 is 9.84 Å². The number of carbonyl (C=O) groups is 1. The number of unbranched alkanes of at least 4 members (excludes halogenated alkanes) is 4. The zero-order valence-corrected chi connectivity index (χ0v) is 13.3. The predicted molar refractivity (Wildman–Crippen MR) is 85.1 cm³/mol. The van der Waals surface area contributed by atoms with Gasteiger partial charge in [0.1, 0.15) is 12.4 Å². The molecule has 0 saturated heterocycles. The Bertz CT molecular complexity index is 395. The zero-order chi connectivity index (χ0) is 15.5. The molecule has 21 heavy (non-hydrogen) atoms. The van der Waals surface area contributed by atoms with Crippen LogP contribution in [0, 0.1) is 5.92 Å². The average molecular weight is 292 g/mol. The van der Waals surface area contributed by atoms with E-state index in [1.54, 1.807) is 24.3 Å². The zero-order valence-electron chi connectivity index (χ0n) is 13.3. The first-order chi connectivity index (χ1) is 10.1. The lowest BCUT2D eigenvalue weighted by molar-refractivity contribution is -0.145. The molecule has 1 rings (SSSR count). The maximum atomic E-state index is 11.6. The Hall–Kier alpha value is -1.51. The molecule has 0 aliphatic carbocycles. The number of hydrogen-bond donors (Lipinski definition) is 1. The first-order valence-corrected chi connectivity index (χ1v) is 8.01. The van der Waals surface area contributed by atoms with Gasteiger partial charge in [-0.1, -0.05) is 58.1 Å². The second-order valence-electron chi connectivity index (χ2n) is 6.03. The molecule has 0 atom stereocenters. The van der Waals surface area contributed by atoms with Gasteiger partial charge in [-0.05, 0) is 30.0 Å². The number of hydrogen-bond acceptors (Lipinski definition) is 3. The van der Waals surface area contributed by atoms with Crippen LogP contribution in [0.2, 0.25) is 0 Å². The average Bonchev–Trinajstić information content (AvgIpc) is 2.45. The Kier molecular flexibility index (Phi) is 8.56. The highest BCUT2D eigenvalue weighted by atomic mass is 16.5. The van der Waals surface area contributed by atoms with Crippen molar-refractivity contribution in [2.24, 2.45) is 5.92 Å². The van der Waals surface area contributed by atoms with Gasteiger partial charge in [0.05, 0.1) is 0 Å². The maximum absolute atomic E-state index is 11.6. The molecule has 0 aliphatic rings. The third-order valence-corrected chi connectivity index (χ3v) is 3.50. The van der Waals surface area contributed by atoms with E-state index in [4.69, 9.17) is 9.84 Å². The van der Waals surface area contributed by atoms with E-state index in [2.05, 4.69) is 13.8 Å². The highest BCUT2D eigenvalue weighted by Crippen LogP contribution is 2.13. The molecule has 3 nitrogen and oxygen atoms in total. The third-order valence-electron chi connectivity index (χ3n) is 3.50. The van der Waals surface area contributed by atoms with E-state index < -0.39 is 0 Å². The molecule has 1 N–H and O–H groups in total. The van der Waals surface area contributed by atoms with Crippen molar-refractivity contribution in [3.63, 3.8) is 0 Å². The summed E-state index contributed by atoms with van der Waals surface area (Å²) in [4.78, 5) is 11.6. The van der Waals surface area contributed by atoms with Crippen LogP contribution in [-0.4, -0.2) is 11.1 Å². The Balaban J connectivity index is 2.00. The van der Waals surface area contributed by atoms with Gasteiger partial charge in [0.25, 0.3) is 0 Å². The molecule has 1 aromatic rings. The van der Waals surface area contributed by atoms with Gasteiger partial charge in [-0.15, -0.1) is 0 Å². The molecule has 0 radical (unpaired) electrons. The molecule has 0 amide bonds. The fraction of sp³-hybridized carbons (Fsp3) is 0.611. The van der Waals surface area contributed by atoms with Crippen molar-refractivity contribution < 1.29 is 14.6 Å². The first-order valence-electron chi connectivity index (χ1n) is 8.01. The molecular weight excluding hydrogens is 264 g/mol. The van der Waals surface area contributed by atoms with Crippen molar-refractivity contribution in [1.29, 1.82) is 0 Å². The van der Waals surface area contributed by atoms with Crippen LogP contribution in [0.3, 0.4) is 0 Å². The van der Waals surface area contributed by atoms with Gasteiger partial charge in [0.2, 0.25) is 0 Å². The molecule has 118 valence electrons. The van der Waals surface area contributed by atoms with E-state index in [1.807, 2.05) is 0 Å². The number of carbonyl (C=O) groups excluding carboxylic acids is 1. The first kappa shape index (κ1) is 17.5. The molecule has 0 fully saturated rings. The van der Waals surface area contributed by atoms with Crippen molar-refractivity contribution in [3.8, 4) is 5.75 Å². The van der Waals surface area contributed by atoms with Crippen LogP contribution >= 0.6 is 0 Å². The van der Waals surface area contributed by atoms with E-state index in [1.165, 1.54) is 25.7 Å². The Morgan fingerprint density at radius 3 is 2.33 bits per heavy atom. The van der Waals surface area contributed by atoms with E-state index in [0.29, 0.717) is 6.42 Å². The number of ether oxygens (including phenoxy) is 1.